The van der Waals surface area contributed by atoms with Crippen molar-refractivity contribution in [3.8, 4) is 0 Å². The third kappa shape index (κ3) is 5.27. The van der Waals surface area contributed by atoms with E-state index in [0.717, 1.165) is 31.4 Å². The zero-order valence-corrected chi connectivity index (χ0v) is 12.4. The number of aromatic nitrogens is 1. The van der Waals surface area contributed by atoms with Gasteiger partial charge in [0, 0.05) is 24.9 Å². The molecule has 0 aromatic carbocycles. The number of hydrogen-bond acceptors (Lipinski definition) is 4. The molecule has 3 N–H and O–H groups in total. The SMILES string of the molecule is CCCC(OCC)C(Cc1ccc(CC)cn1)NN. The second-order valence-corrected chi connectivity index (χ2v) is 4.77. The van der Waals surface area contributed by atoms with Crippen molar-refractivity contribution in [1.82, 2.24) is 10.4 Å². The topological polar surface area (TPSA) is 60.2 Å². The molecule has 1 aromatic rings. The van der Waals surface area contributed by atoms with Crippen LogP contribution in [-0.4, -0.2) is 23.7 Å². The van der Waals surface area contributed by atoms with E-state index in [1.807, 2.05) is 13.1 Å². The molecule has 4 nitrogen and oxygen atoms in total. The molecule has 0 aliphatic rings. The number of nitrogens with two attached hydrogens (primary N) is 1. The molecule has 0 fully saturated rings. The summed E-state index contributed by atoms with van der Waals surface area (Å²) in [5.74, 6) is 5.68. The smallest absolute Gasteiger partial charge is 0.0745 e. The number of pyridine rings is 1. The average molecular weight is 265 g/mol. The van der Waals surface area contributed by atoms with E-state index in [4.69, 9.17) is 10.6 Å². The Morgan fingerprint density at radius 2 is 2.11 bits per heavy atom. The number of nitrogens with one attached hydrogen (secondary N) is 1. The molecule has 0 amide bonds. The maximum Gasteiger partial charge on any atom is 0.0745 e. The minimum atomic E-state index is 0.111. The predicted octanol–water partition coefficient (Wildman–Crippen LogP) is 2.22. The molecule has 1 aromatic heterocycles. The van der Waals surface area contributed by atoms with Crippen LogP contribution in [0.4, 0.5) is 0 Å². The molecule has 0 saturated carbocycles. The third-order valence-electron chi connectivity index (χ3n) is 3.34. The maximum absolute atomic E-state index is 5.78. The molecule has 0 aliphatic carbocycles. The van der Waals surface area contributed by atoms with Gasteiger partial charge in [-0.1, -0.05) is 26.3 Å². The van der Waals surface area contributed by atoms with Gasteiger partial charge >= 0.3 is 0 Å². The number of hydrazine groups is 1. The first-order valence-electron chi connectivity index (χ1n) is 7.26. The Morgan fingerprint density at radius 1 is 1.32 bits per heavy atom. The largest absolute Gasteiger partial charge is 0.377 e. The van der Waals surface area contributed by atoms with Crippen LogP contribution in [0.2, 0.25) is 0 Å². The molecule has 2 unspecified atom stereocenters. The Hall–Kier alpha value is -0.970. The lowest BCUT2D eigenvalue weighted by Crippen LogP contribution is -2.46. The van der Waals surface area contributed by atoms with E-state index in [0.29, 0.717) is 6.61 Å². The Morgan fingerprint density at radius 3 is 2.58 bits per heavy atom. The summed E-state index contributed by atoms with van der Waals surface area (Å²) in [7, 11) is 0. The van der Waals surface area contributed by atoms with Gasteiger partial charge in [-0.25, -0.2) is 0 Å². The van der Waals surface area contributed by atoms with Gasteiger partial charge in [-0.05, 0) is 31.4 Å². The lowest BCUT2D eigenvalue weighted by atomic mass is 10.0. The van der Waals surface area contributed by atoms with Crippen LogP contribution in [0.25, 0.3) is 0 Å². The van der Waals surface area contributed by atoms with Crippen molar-refractivity contribution in [3.05, 3.63) is 29.6 Å². The third-order valence-corrected chi connectivity index (χ3v) is 3.34. The van der Waals surface area contributed by atoms with E-state index in [-0.39, 0.29) is 12.1 Å². The molecule has 1 heterocycles. The Balaban J connectivity index is 2.67. The van der Waals surface area contributed by atoms with Crippen molar-refractivity contribution in [1.29, 1.82) is 0 Å². The van der Waals surface area contributed by atoms with Crippen LogP contribution in [0, 0.1) is 0 Å². The molecule has 108 valence electrons. The molecule has 4 heteroatoms. The fourth-order valence-electron chi connectivity index (χ4n) is 2.21. The van der Waals surface area contributed by atoms with Gasteiger partial charge in [-0.15, -0.1) is 0 Å². The van der Waals surface area contributed by atoms with Gasteiger partial charge in [0.2, 0.25) is 0 Å². The van der Waals surface area contributed by atoms with Crippen molar-refractivity contribution in [2.75, 3.05) is 6.61 Å². The van der Waals surface area contributed by atoms with E-state index in [1.165, 1.54) is 5.56 Å². The average Bonchev–Trinajstić information content (AvgIpc) is 2.45. The molecule has 19 heavy (non-hydrogen) atoms. The minimum Gasteiger partial charge on any atom is -0.377 e. The second-order valence-electron chi connectivity index (χ2n) is 4.77. The van der Waals surface area contributed by atoms with Crippen molar-refractivity contribution >= 4 is 0 Å². The van der Waals surface area contributed by atoms with Crippen molar-refractivity contribution in [2.24, 2.45) is 5.84 Å². The fourth-order valence-corrected chi connectivity index (χ4v) is 2.21. The van der Waals surface area contributed by atoms with Crippen molar-refractivity contribution in [3.63, 3.8) is 0 Å². The monoisotopic (exact) mass is 265 g/mol. The summed E-state index contributed by atoms with van der Waals surface area (Å²) < 4.78 is 5.78. The standard InChI is InChI=1S/C15H27N3O/c1-4-7-15(19-6-3)14(18-16)10-13-9-8-12(5-2)11-17-13/h8-9,11,14-15,18H,4-7,10,16H2,1-3H3. The summed E-state index contributed by atoms with van der Waals surface area (Å²) in [6.45, 7) is 7.02. The van der Waals surface area contributed by atoms with Crippen LogP contribution in [0.5, 0.6) is 0 Å². The molecule has 1 rings (SSSR count). The van der Waals surface area contributed by atoms with Crippen LogP contribution in [0.1, 0.15) is 44.9 Å². The van der Waals surface area contributed by atoms with E-state index in [2.05, 4.69) is 36.4 Å². The van der Waals surface area contributed by atoms with E-state index in [1.54, 1.807) is 0 Å². The quantitative estimate of drug-likeness (QED) is 0.531. The van der Waals surface area contributed by atoms with E-state index < -0.39 is 0 Å². The number of nitrogens with zero attached hydrogens (tertiary/aromatic N) is 1. The molecule has 0 aliphatic heterocycles. The molecule has 0 bridgehead atoms. The number of hydrogen-bond donors (Lipinski definition) is 2. The van der Waals surface area contributed by atoms with Crippen LogP contribution < -0.4 is 11.3 Å². The zero-order valence-electron chi connectivity index (χ0n) is 12.4. The summed E-state index contributed by atoms with van der Waals surface area (Å²) in [5, 5.41) is 0. The van der Waals surface area contributed by atoms with Gasteiger partial charge in [0.25, 0.3) is 0 Å². The summed E-state index contributed by atoms with van der Waals surface area (Å²) in [4.78, 5) is 4.49. The molecule has 0 radical (unpaired) electrons. The Labute approximate surface area is 116 Å². The van der Waals surface area contributed by atoms with Crippen molar-refractivity contribution in [2.45, 2.75) is 58.6 Å². The van der Waals surface area contributed by atoms with E-state index >= 15 is 0 Å². The van der Waals surface area contributed by atoms with Gasteiger partial charge in [-0.2, -0.15) is 0 Å². The van der Waals surface area contributed by atoms with Gasteiger partial charge in [0.15, 0.2) is 0 Å². The van der Waals surface area contributed by atoms with Gasteiger partial charge in [0.1, 0.15) is 0 Å². The molecule has 2 atom stereocenters. The lowest BCUT2D eigenvalue weighted by Gasteiger charge is -2.26. The zero-order chi connectivity index (χ0) is 14.1. The second kappa shape index (κ2) is 9.02. The number of ether oxygens (including phenoxy) is 1. The highest BCUT2D eigenvalue weighted by Gasteiger charge is 2.20. The maximum atomic E-state index is 5.78. The van der Waals surface area contributed by atoms with Gasteiger partial charge < -0.3 is 4.74 Å². The van der Waals surface area contributed by atoms with Crippen LogP contribution in [-0.2, 0) is 17.6 Å². The highest BCUT2D eigenvalue weighted by Crippen LogP contribution is 2.12. The van der Waals surface area contributed by atoms with Crippen LogP contribution >= 0.6 is 0 Å². The molecular formula is C15H27N3O. The fraction of sp³-hybridized carbons (Fsp3) is 0.667. The summed E-state index contributed by atoms with van der Waals surface area (Å²) >= 11 is 0. The number of aryl methyl sites for hydroxylation is 1. The summed E-state index contributed by atoms with van der Waals surface area (Å²) in [6.07, 6.45) is 6.00. The first-order chi connectivity index (χ1) is 9.24. The summed E-state index contributed by atoms with van der Waals surface area (Å²) in [6, 6.07) is 4.32. The highest BCUT2D eigenvalue weighted by molar-refractivity contribution is 5.14. The summed E-state index contributed by atoms with van der Waals surface area (Å²) in [5.41, 5.74) is 5.20. The highest BCUT2D eigenvalue weighted by atomic mass is 16.5. The lowest BCUT2D eigenvalue weighted by molar-refractivity contribution is 0.0279. The van der Waals surface area contributed by atoms with Gasteiger partial charge in [0.05, 0.1) is 12.1 Å². The Bertz CT molecular complexity index is 334. The van der Waals surface area contributed by atoms with Crippen LogP contribution in [0.15, 0.2) is 18.3 Å². The Kier molecular flexibility index (Phi) is 7.63. The molecule has 0 saturated heterocycles. The molecular weight excluding hydrogens is 238 g/mol. The number of rotatable bonds is 9. The van der Waals surface area contributed by atoms with Crippen molar-refractivity contribution < 1.29 is 4.74 Å². The first kappa shape index (κ1) is 16.1. The predicted molar refractivity (Wildman–Crippen MR) is 78.8 cm³/mol. The van der Waals surface area contributed by atoms with Crippen LogP contribution in [0.3, 0.4) is 0 Å². The van der Waals surface area contributed by atoms with E-state index in [9.17, 15) is 0 Å². The normalized spacial score (nSPS) is 14.3. The minimum absolute atomic E-state index is 0.111. The van der Waals surface area contributed by atoms with Gasteiger partial charge in [-0.3, -0.25) is 16.3 Å². The molecule has 0 spiro atoms. The first-order valence-corrected chi connectivity index (χ1v) is 7.26.